The van der Waals surface area contributed by atoms with Crippen molar-refractivity contribution in [2.75, 3.05) is 26.2 Å². The van der Waals surface area contributed by atoms with Crippen LogP contribution in [-0.4, -0.2) is 53.0 Å². The van der Waals surface area contributed by atoms with Crippen LogP contribution in [0, 0.1) is 13.8 Å². The van der Waals surface area contributed by atoms with Crippen molar-refractivity contribution in [3.63, 3.8) is 0 Å². The molecule has 1 atom stereocenters. The Kier molecular flexibility index (Phi) is 4.42. The molecule has 4 rings (SSSR count). The van der Waals surface area contributed by atoms with Gasteiger partial charge in [-0.05, 0) is 69.5 Å². The fourth-order valence-electron chi connectivity index (χ4n) is 4.24. The number of amides is 2. The molecule has 2 aliphatic heterocycles. The van der Waals surface area contributed by atoms with Gasteiger partial charge in [-0.15, -0.1) is 0 Å². The molecule has 2 N–H and O–H groups in total. The number of carbonyl (C=O) groups excluding carboxylic acids is 1. The number of likely N-dealkylation sites (tertiary alicyclic amines) is 2. The molecule has 0 unspecified atom stereocenters. The molecule has 3 heterocycles. The van der Waals surface area contributed by atoms with Gasteiger partial charge in [0.15, 0.2) is 0 Å². The molecule has 0 aliphatic carbocycles. The Bertz CT molecular complexity index is 775. The maximum absolute atomic E-state index is 12.5. The number of fused-ring (bicyclic) bond motifs is 1. The Morgan fingerprint density at radius 1 is 1.24 bits per heavy atom. The Hall–Kier alpha value is -2.01. The fourth-order valence-corrected chi connectivity index (χ4v) is 4.24. The number of hydrogen-bond donors (Lipinski definition) is 2. The molecule has 5 nitrogen and oxygen atoms in total. The van der Waals surface area contributed by atoms with Crippen molar-refractivity contribution in [2.45, 2.75) is 45.7 Å². The number of carbonyl (C=O) groups is 1. The second-order valence-electron chi connectivity index (χ2n) is 7.55. The number of H-pyrrole nitrogens is 1. The van der Waals surface area contributed by atoms with Crippen LogP contribution >= 0.6 is 0 Å². The number of aromatic amines is 1. The van der Waals surface area contributed by atoms with E-state index in [1.165, 1.54) is 42.6 Å². The van der Waals surface area contributed by atoms with Crippen LogP contribution in [0.1, 0.15) is 36.1 Å². The molecule has 134 valence electrons. The lowest BCUT2D eigenvalue weighted by atomic mass is 10.1. The first-order chi connectivity index (χ1) is 12.1. The van der Waals surface area contributed by atoms with Crippen LogP contribution in [0.2, 0.25) is 0 Å². The first-order valence-electron chi connectivity index (χ1n) is 9.46. The summed E-state index contributed by atoms with van der Waals surface area (Å²) in [6.45, 7) is 8.98. The largest absolute Gasteiger partial charge is 0.358 e. The Labute approximate surface area is 149 Å². The molecule has 2 saturated heterocycles. The van der Waals surface area contributed by atoms with Crippen molar-refractivity contribution in [3.8, 4) is 0 Å². The molecule has 0 bridgehead atoms. The number of hydrogen-bond acceptors (Lipinski definition) is 2. The van der Waals surface area contributed by atoms with Gasteiger partial charge in [-0.2, -0.15) is 0 Å². The van der Waals surface area contributed by atoms with Gasteiger partial charge in [-0.25, -0.2) is 4.79 Å². The van der Waals surface area contributed by atoms with E-state index in [2.05, 4.69) is 47.2 Å². The van der Waals surface area contributed by atoms with Crippen molar-refractivity contribution in [3.05, 3.63) is 35.0 Å². The zero-order valence-corrected chi connectivity index (χ0v) is 15.3. The van der Waals surface area contributed by atoms with Crippen LogP contribution in [0.25, 0.3) is 10.9 Å². The summed E-state index contributed by atoms with van der Waals surface area (Å²) in [5.74, 6) is 0. The van der Waals surface area contributed by atoms with Gasteiger partial charge in [0.1, 0.15) is 0 Å². The van der Waals surface area contributed by atoms with Crippen molar-refractivity contribution in [1.29, 1.82) is 0 Å². The van der Waals surface area contributed by atoms with Crippen LogP contribution in [-0.2, 0) is 6.54 Å². The molecular weight excluding hydrogens is 312 g/mol. The number of benzene rings is 1. The summed E-state index contributed by atoms with van der Waals surface area (Å²) in [7, 11) is 0. The monoisotopic (exact) mass is 340 g/mol. The smallest absolute Gasteiger partial charge is 0.317 e. The highest BCUT2D eigenvalue weighted by atomic mass is 16.2. The van der Waals surface area contributed by atoms with Crippen molar-refractivity contribution >= 4 is 16.9 Å². The molecule has 5 heteroatoms. The van der Waals surface area contributed by atoms with E-state index in [9.17, 15) is 4.79 Å². The number of aryl methyl sites for hydroxylation is 2. The number of nitrogens with one attached hydrogen (secondary N) is 2. The van der Waals surface area contributed by atoms with E-state index in [0.29, 0.717) is 12.6 Å². The van der Waals surface area contributed by atoms with Crippen molar-refractivity contribution in [1.82, 2.24) is 20.1 Å². The van der Waals surface area contributed by atoms with Crippen LogP contribution in [0.4, 0.5) is 4.79 Å². The minimum absolute atomic E-state index is 0.0729. The molecule has 1 aromatic heterocycles. The van der Waals surface area contributed by atoms with Crippen LogP contribution in [0.5, 0.6) is 0 Å². The van der Waals surface area contributed by atoms with E-state index in [1.54, 1.807) is 0 Å². The summed E-state index contributed by atoms with van der Waals surface area (Å²) in [4.78, 5) is 20.4. The minimum atomic E-state index is 0.0729. The zero-order valence-electron chi connectivity index (χ0n) is 15.3. The topological polar surface area (TPSA) is 51.4 Å². The van der Waals surface area contributed by atoms with Gasteiger partial charge in [-0.1, -0.05) is 6.07 Å². The molecule has 2 aromatic rings. The lowest BCUT2D eigenvalue weighted by Gasteiger charge is -2.23. The summed E-state index contributed by atoms with van der Waals surface area (Å²) in [5.41, 5.74) is 4.81. The van der Waals surface area contributed by atoms with Crippen LogP contribution in [0.15, 0.2) is 18.2 Å². The average Bonchev–Trinajstić information content (AvgIpc) is 3.34. The summed E-state index contributed by atoms with van der Waals surface area (Å²) in [5, 5.41) is 4.35. The summed E-state index contributed by atoms with van der Waals surface area (Å²) < 4.78 is 0. The minimum Gasteiger partial charge on any atom is -0.358 e. The van der Waals surface area contributed by atoms with Gasteiger partial charge in [0.05, 0.1) is 0 Å². The van der Waals surface area contributed by atoms with Gasteiger partial charge in [0.2, 0.25) is 0 Å². The lowest BCUT2D eigenvalue weighted by molar-refractivity contribution is 0.198. The molecule has 2 fully saturated rings. The van der Waals surface area contributed by atoms with Gasteiger partial charge in [0, 0.05) is 42.3 Å². The number of aromatic nitrogens is 1. The Morgan fingerprint density at radius 2 is 2.04 bits per heavy atom. The van der Waals surface area contributed by atoms with Crippen molar-refractivity contribution in [2.24, 2.45) is 0 Å². The fraction of sp³-hybridized carbons (Fsp3) is 0.550. The third-order valence-corrected chi connectivity index (χ3v) is 5.92. The molecular formula is C20H28N4O. The summed E-state index contributed by atoms with van der Waals surface area (Å²) in [6, 6.07) is 7.02. The molecule has 2 aliphatic rings. The first-order valence-corrected chi connectivity index (χ1v) is 9.46. The van der Waals surface area contributed by atoms with E-state index >= 15 is 0 Å². The first kappa shape index (κ1) is 16.5. The maximum atomic E-state index is 12.5. The SMILES string of the molecule is Cc1[nH]c2ccc(CNC(=O)N3CC[C@H](N4CCCC4)C3)cc2c1C. The van der Waals surface area contributed by atoms with Crippen molar-refractivity contribution < 1.29 is 4.79 Å². The zero-order chi connectivity index (χ0) is 17.4. The number of urea groups is 1. The second-order valence-corrected chi connectivity index (χ2v) is 7.55. The highest BCUT2D eigenvalue weighted by Crippen LogP contribution is 2.23. The van der Waals surface area contributed by atoms with Crippen LogP contribution in [0.3, 0.4) is 0 Å². The predicted molar refractivity (Wildman–Crippen MR) is 101 cm³/mol. The Morgan fingerprint density at radius 3 is 2.84 bits per heavy atom. The highest BCUT2D eigenvalue weighted by molar-refractivity contribution is 5.85. The average molecular weight is 340 g/mol. The molecule has 2 amide bonds. The van der Waals surface area contributed by atoms with E-state index in [4.69, 9.17) is 0 Å². The standard InChI is InChI=1S/C20H28N4O/c1-14-15(2)22-19-6-5-16(11-18(14)19)12-21-20(25)24-10-7-17(13-24)23-8-3-4-9-23/h5-6,11,17,22H,3-4,7-10,12-13H2,1-2H3,(H,21,25)/t17-/m0/s1. The third-order valence-electron chi connectivity index (χ3n) is 5.92. The number of rotatable bonds is 3. The summed E-state index contributed by atoms with van der Waals surface area (Å²) >= 11 is 0. The predicted octanol–water partition coefficient (Wildman–Crippen LogP) is 3.16. The van der Waals surface area contributed by atoms with Gasteiger partial charge >= 0.3 is 6.03 Å². The molecule has 25 heavy (non-hydrogen) atoms. The highest BCUT2D eigenvalue weighted by Gasteiger charge is 2.31. The van der Waals surface area contributed by atoms with Gasteiger partial charge < -0.3 is 15.2 Å². The normalized spacial score (nSPS) is 21.4. The molecule has 0 spiro atoms. The maximum Gasteiger partial charge on any atom is 0.317 e. The third kappa shape index (κ3) is 3.25. The van der Waals surface area contributed by atoms with E-state index < -0.39 is 0 Å². The summed E-state index contributed by atoms with van der Waals surface area (Å²) in [6.07, 6.45) is 3.73. The Balaban J connectivity index is 1.35. The molecule has 0 saturated carbocycles. The second kappa shape index (κ2) is 6.71. The van der Waals surface area contributed by atoms with Gasteiger partial charge in [0.25, 0.3) is 0 Å². The molecule has 1 aromatic carbocycles. The molecule has 0 radical (unpaired) electrons. The quantitative estimate of drug-likeness (QED) is 0.902. The van der Waals surface area contributed by atoms with E-state index in [1.807, 2.05) is 4.90 Å². The van der Waals surface area contributed by atoms with E-state index in [0.717, 1.165) is 30.6 Å². The lowest BCUT2D eigenvalue weighted by Crippen LogP contribution is -2.41. The van der Waals surface area contributed by atoms with E-state index in [-0.39, 0.29) is 6.03 Å². The van der Waals surface area contributed by atoms with Crippen LogP contribution < -0.4 is 5.32 Å². The van der Waals surface area contributed by atoms with Gasteiger partial charge in [-0.3, -0.25) is 4.90 Å². The number of nitrogens with zero attached hydrogens (tertiary/aromatic N) is 2.